The summed E-state index contributed by atoms with van der Waals surface area (Å²) in [6, 6.07) is 0. The maximum atomic E-state index is 13.3. The summed E-state index contributed by atoms with van der Waals surface area (Å²) in [4.78, 5) is 0. The van der Waals surface area contributed by atoms with E-state index in [4.69, 9.17) is 4.74 Å². The van der Waals surface area contributed by atoms with E-state index in [1.165, 1.54) is 18.0 Å². The van der Waals surface area contributed by atoms with Crippen LogP contribution in [0.4, 0.5) is 17.6 Å². The van der Waals surface area contributed by atoms with Gasteiger partial charge in [-0.15, -0.1) is 0 Å². The predicted molar refractivity (Wildman–Crippen MR) is 60.6 cm³/mol. The molecule has 2 rings (SSSR count). The molecule has 1 atom stereocenters. The molecule has 0 amide bonds. The van der Waals surface area contributed by atoms with E-state index in [-0.39, 0.29) is 31.1 Å². The van der Waals surface area contributed by atoms with E-state index in [1.807, 2.05) is 0 Å². The monoisotopic (exact) mass is 280 g/mol. The normalized spacial score (nSPS) is 22.7. The number of alkyl halides is 4. The van der Waals surface area contributed by atoms with Gasteiger partial charge < -0.3 is 4.74 Å². The van der Waals surface area contributed by atoms with Gasteiger partial charge in [-0.25, -0.2) is 8.78 Å². The highest BCUT2D eigenvalue weighted by Crippen LogP contribution is 2.40. The van der Waals surface area contributed by atoms with Crippen molar-refractivity contribution in [3.05, 3.63) is 11.9 Å². The maximum absolute atomic E-state index is 13.3. The lowest BCUT2D eigenvalue weighted by atomic mass is 10.1. The van der Waals surface area contributed by atoms with Gasteiger partial charge in [0.2, 0.25) is 5.92 Å². The average molecular weight is 280 g/mol. The van der Waals surface area contributed by atoms with Crippen molar-refractivity contribution >= 4 is 0 Å². The van der Waals surface area contributed by atoms with Gasteiger partial charge in [-0.1, -0.05) is 0 Å². The lowest BCUT2D eigenvalue weighted by Gasteiger charge is -2.10. The van der Waals surface area contributed by atoms with Crippen LogP contribution in [0.2, 0.25) is 0 Å². The third-order valence-corrected chi connectivity index (χ3v) is 3.31. The second-order valence-corrected chi connectivity index (χ2v) is 5.12. The minimum atomic E-state index is -3.11. The first-order valence-corrected chi connectivity index (χ1v) is 6.09. The van der Waals surface area contributed by atoms with Gasteiger partial charge >= 0.3 is 0 Å². The first-order valence-electron chi connectivity index (χ1n) is 6.09. The van der Waals surface area contributed by atoms with Gasteiger partial charge in [-0.3, -0.25) is 4.68 Å². The number of halogens is 4. The summed E-state index contributed by atoms with van der Waals surface area (Å²) in [6.07, 6.45) is 1.36. The summed E-state index contributed by atoms with van der Waals surface area (Å²) in [5, 5.41) is 3.76. The van der Waals surface area contributed by atoms with Crippen molar-refractivity contribution in [2.24, 2.45) is 5.92 Å². The van der Waals surface area contributed by atoms with Crippen LogP contribution in [0.5, 0.6) is 5.75 Å². The Labute approximate surface area is 108 Å². The number of ether oxygens (including phenoxy) is 1. The number of aromatic nitrogens is 2. The zero-order chi connectivity index (χ0) is 14.3. The number of rotatable bonds is 4. The van der Waals surface area contributed by atoms with Gasteiger partial charge in [0, 0.05) is 26.3 Å². The van der Waals surface area contributed by atoms with Gasteiger partial charge in [-0.05, 0) is 12.3 Å². The number of hydrogen-bond acceptors (Lipinski definition) is 2. The first-order chi connectivity index (χ1) is 8.71. The molecular formula is C12H16F4N2O. The van der Waals surface area contributed by atoms with Crippen LogP contribution >= 0.6 is 0 Å². The summed E-state index contributed by atoms with van der Waals surface area (Å²) >= 11 is 0. The second kappa shape index (κ2) is 4.68. The van der Waals surface area contributed by atoms with Crippen LogP contribution < -0.4 is 4.74 Å². The molecule has 0 N–H and O–H groups in total. The van der Waals surface area contributed by atoms with Crippen molar-refractivity contribution in [2.45, 2.75) is 44.6 Å². The van der Waals surface area contributed by atoms with Crippen LogP contribution in [0, 0.1) is 5.92 Å². The number of hydrogen-bond donors (Lipinski definition) is 0. The number of nitrogens with zero attached hydrogens (tertiary/aromatic N) is 2. The lowest BCUT2D eigenvalue weighted by Crippen LogP contribution is -2.15. The zero-order valence-corrected chi connectivity index (χ0v) is 10.8. The summed E-state index contributed by atoms with van der Waals surface area (Å²) in [6.45, 7) is 0.938. The summed E-state index contributed by atoms with van der Waals surface area (Å²) in [7, 11) is 1.28. The topological polar surface area (TPSA) is 27.1 Å². The molecule has 0 spiro atoms. The Morgan fingerprint density at radius 1 is 1.53 bits per heavy atom. The Hall–Kier alpha value is -1.27. The first kappa shape index (κ1) is 14.1. The molecule has 1 fully saturated rings. The van der Waals surface area contributed by atoms with E-state index in [0.29, 0.717) is 6.42 Å². The van der Waals surface area contributed by atoms with E-state index in [1.54, 1.807) is 0 Å². The van der Waals surface area contributed by atoms with Gasteiger partial charge in [0.1, 0.15) is 0 Å². The Morgan fingerprint density at radius 2 is 2.21 bits per heavy atom. The number of methoxy groups -OCH3 is 1. The molecule has 1 aromatic heterocycles. The SMILES string of the molecule is COc1cn(CC2CCC(F)(F)C2)nc1C(C)(F)F. The average Bonchev–Trinajstić information content (AvgIpc) is 2.82. The quantitative estimate of drug-likeness (QED) is 0.790. The highest BCUT2D eigenvalue weighted by atomic mass is 19.3. The molecule has 1 saturated carbocycles. The van der Waals surface area contributed by atoms with Crippen molar-refractivity contribution in [3.8, 4) is 5.75 Å². The van der Waals surface area contributed by atoms with Gasteiger partial charge in [-0.2, -0.15) is 13.9 Å². The van der Waals surface area contributed by atoms with Crippen LogP contribution in [0.25, 0.3) is 0 Å². The minimum Gasteiger partial charge on any atom is -0.493 e. The highest BCUT2D eigenvalue weighted by Gasteiger charge is 2.40. The van der Waals surface area contributed by atoms with Crippen molar-refractivity contribution in [2.75, 3.05) is 7.11 Å². The fourth-order valence-electron chi connectivity index (χ4n) is 2.41. The molecular weight excluding hydrogens is 264 g/mol. The fraction of sp³-hybridized carbons (Fsp3) is 0.750. The smallest absolute Gasteiger partial charge is 0.292 e. The van der Waals surface area contributed by atoms with E-state index in [9.17, 15) is 17.6 Å². The third-order valence-electron chi connectivity index (χ3n) is 3.31. The Kier molecular flexibility index (Phi) is 3.49. The molecule has 1 heterocycles. The van der Waals surface area contributed by atoms with E-state index >= 15 is 0 Å². The summed E-state index contributed by atoms with van der Waals surface area (Å²) in [5.41, 5.74) is -0.459. The molecule has 7 heteroatoms. The Bertz CT molecular complexity index is 453. The molecule has 1 aliphatic rings. The maximum Gasteiger partial charge on any atom is 0.292 e. The molecule has 3 nitrogen and oxygen atoms in total. The van der Waals surface area contributed by atoms with Gasteiger partial charge in [0.15, 0.2) is 11.4 Å². The zero-order valence-electron chi connectivity index (χ0n) is 10.8. The molecule has 1 aromatic rings. The largest absolute Gasteiger partial charge is 0.493 e. The molecule has 0 bridgehead atoms. The van der Waals surface area contributed by atoms with Gasteiger partial charge in [0.05, 0.1) is 13.3 Å². The van der Waals surface area contributed by atoms with Crippen LogP contribution in [0.1, 0.15) is 31.9 Å². The fourth-order valence-corrected chi connectivity index (χ4v) is 2.41. The predicted octanol–water partition coefficient (Wildman–Crippen LogP) is 3.44. The highest BCUT2D eigenvalue weighted by molar-refractivity contribution is 5.28. The van der Waals surface area contributed by atoms with Gasteiger partial charge in [0.25, 0.3) is 5.92 Å². The Morgan fingerprint density at radius 3 is 2.63 bits per heavy atom. The minimum absolute atomic E-state index is 0.0164. The molecule has 0 aromatic carbocycles. The van der Waals surface area contributed by atoms with E-state index < -0.39 is 17.5 Å². The van der Waals surface area contributed by atoms with Crippen molar-refractivity contribution in [1.29, 1.82) is 0 Å². The molecule has 19 heavy (non-hydrogen) atoms. The second-order valence-electron chi connectivity index (χ2n) is 5.12. The standard InChI is InChI=1S/C12H16F4N2O/c1-11(13,14)10-9(19-2)7-18(17-10)6-8-3-4-12(15,16)5-8/h7-8H,3-6H2,1-2H3. The van der Waals surface area contributed by atoms with E-state index in [0.717, 1.165) is 6.92 Å². The van der Waals surface area contributed by atoms with Crippen LogP contribution in [-0.2, 0) is 12.5 Å². The molecule has 0 saturated heterocycles. The van der Waals surface area contributed by atoms with Crippen molar-refractivity contribution in [1.82, 2.24) is 9.78 Å². The Balaban J connectivity index is 2.12. The molecule has 1 unspecified atom stereocenters. The van der Waals surface area contributed by atoms with Crippen molar-refractivity contribution < 1.29 is 22.3 Å². The third kappa shape index (κ3) is 3.19. The molecule has 1 aliphatic carbocycles. The summed E-state index contributed by atoms with van der Waals surface area (Å²) in [5.74, 6) is -6.01. The van der Waals surface area contributed by atoms with Crippen LogP contribution in [0.3, 0.4) is 0 Å². The molecule has 108 valence electrons. The lowest BCUT2D eigenvalue weighted by molar-refractivity contribution is 0.00331. The van der Waals surface area contributed by atoms with E-state index in [2.05, 4.69) is 5.10 Å². The van der Waals surface area contributed by atoms with Crippen LogP contribution in [-0.4, -0.2) is 22.8 Å². The molecule has 0 aliphatic heterocycles. The van der Waals surface area contributed by atoms with Crippen LogP contribution in [0.15, 0.2) is 6.20 Å². The summed E-state index contributed by atoms with van der Waals surface area (Å²) < 4.78 is 58.8. The van der Waals surface area contributed by atoms with Crippen molar-refractivity contribution in [3.63, 3.8) is 0 Å². The molecule has 0 radical (unpaired) electrons.